The van der Waals surface area contributed by atoms with Crippen LogP contribution in [-0.4, -0.2) is 48.4 Å². The Balaban J connectivity index is 1.37. The number of rotatable bonds is 4. The highest BCUT2D eigenvalue weighted by atomic mass is 32.2. The van der Waals surface area contributed by atoms with Gasteiger partial charge in [0.1, 0.15) is 0 Å². The van der Waals surface area contributed by atoms with Gasteiger partial charge in [0.05, 0.1) is 31.2 Å². The molecule has 0 spiro atoms. The molecule has 0 aromatic carbocycles. The number of thioether (sulfide) groups is 1. The Morgan fingerprint density at radius 1 is 1.05 bits per heavy atom. The lowest BCUT2D eigenvalue weighted by Crippen LogP contribution is -2.49. The SMILES string of the molecule is O=C(CSC1CCCC1)N[C@@H]1CC[C@@H]2OCCO[C@@H]2C1. The fraction of sp³-hybridized carbons (Fsp3) is 0.933. The van der Waals surface area contributed by atoms with Gasteiger partial charge >= 0.3 is 0 Å². The maximum absolute atomic E-state index is 12.0. The maximum atomic E-state index is 12.0. The van der Waals surface area contributed by atoms with E-state index in [0.717, 1.165) is 25.9 Å². The standard InChI is InChI=1S/C15H25NO3S/c17-15(10-20-12-3-1-2-4-12)16-11-5-6-13-14(9-11)19-8-7-18-13/h11-14H,1-10H2,(H,16,17)/t11-,13+,14-/m1/s1. The van der Waals surface area contributed by atoms with Crippen molar-refractivity contribution >= 4 is 17.7 Å². The van der Waals surface area contributed by atoms with E-state index in [1.807, 2.05) is 11.8 Å². The molecule has 1 amide bonds. The molecule has 0 bridgehead atoms. The molecule has 2 saturated carbocycles. The smallest absolute Gasteiger partial charge is 0.230 e. The first-order chi connectivity index (χ1) is 9.81. The van der Waals surface area contributed by atoms with Gasteiger partial charge in [0, 0.05) is 11.3 Å². The normalized spacial score (nSPS) is 34.7. The fourth-order valence-electron chi connectivity index (χ4n) is 3.52. The average Bonchev–Trinajstić information content (AvgIpc) is 2.98. The summed E-state index contributed by atoms with van der Waals surface area (Å²) in [5.74, 6) is 0.814. The van der Waals surface area contributed by atoms with Crippen molar-refractivity contribution in [2.45, 2.75) is 68.4 Å². The van der Waals surface area contributed by atoms with Crippen LogP contribution in [0.25, 0.3) is 0 Å². The molecule has 20 heavy (non-hydrogen) atoms. The van der Waals surface area contributed by atoms with Crippen LogP contribution in [0.3, 0.4) is 0 Å². The van der Waals surface area contributed by atoms with Crippen molar-refractivity contribution in [2.24, 2.45) is 0 Å². The highest BCUT2D eigenvalue weighted by Crippen LogP contribution is 2.30. The van der Waals surface area contributed by atoms with Crippen molar-refractivity contribution in [1.29, 1.82) is 0 Å². The minimum absolute atomic E-state index is 0.185. The van der Waals surface area contributed by atoms with Crippen LogP contribution in [0.2, 0.25) is 0 Å². The molecule has 4 nitrogen and oxygen atoms in total. The molecule has 3 aliphatic rings. The number of nitrogens with one attached hydrogen (secondary N) is 1. The van der Waals surface area contributed by atoms with Gasteiger partial charge in [0.2, 0.25) is 5.91 Å². The second-order valence-corrected chi connectivity index (χ2v) is 7.40. The molecule has 1 aliphatic heterocycles. The second-order valence-electron chi connectivity index (χ2n) is 6.11. The molecular formula is C15H25NO3S. The lowest BCUT2D eigenvalue weighted by molar-refractivity contribution is -0.158. The zero-order valence-electron chi connectivity index (χ0n) is 12.0. The zero-order chi connectivity index (χ0) is 13.8. The summed E-state index contributed by atoms with van der Waals surface area (Å²) in [5.41, 5.74) is 0. The predicted molar refractivity (Wildman–Crippen MR) is 80.0 cm³/mol. The number of amides is 1. The summed E-state index contributed by atoms with van der Waals surface area (Å²) in [6.07, 6.45) is 8.62. The summed E-state index contributed by atoms with van der Waals surface area (Å²) in [6.45, 7) is 1.41. The van der Waals surface area contributed by atoms with Crippen LogP contribution in [0.4, 0.5) is 0 Å². The van der Waals surface area contributed by atoms with E-state index in [4.69, 9.17) is 9.47 Å². The van der Waals surface area contributed by atoms with Crippen molar-refractivity contribution < 1.29 is 14.3 Å². The lowest BCUT2D eigenvalue weighted by atomic mass is 9.89. The number of hydrogen-bond donors (Lipinski definition) is 1. The van der Waals surface area contributed by atoms with E-state index in [1.165, 1.54) is 25.7 Å². The van der Waals surface area contributed by atoms with Crippen LogP contribution < -0.4 is 5.32 Å². The molecule has 0 aromatic heterocycles. The Hall–Kier alpha value is -0.260. The molecule has 2 aliphatic carbocycles. The number of carbonyl (C=O) groups excluding carboxylic acids is 1. The van der Waals surface area contributed by atoms with Gasteiger partial charge in [-0.25, -0.2) is 0 Å². The van der Waals surface area contributed by atoms with Gasteiger partial charge in [-0.1, -0.05) is 12.8 Å². The topological polar surface area (TPSA) is 47.6 Å². The van der Waals surface area contributed by atoms with Crippen molar-refractivity contribution in [2.75, 3.05) is 19.0 Å². The van der Waals surface area contributed by atoms with Crippen molar-refractivity contribution in [3.05, 3.63) is 0 Å². The van der Waals surface area contributed by atoms with Gasteiger partial charge in [0.25, 0.3) is 0 Å². The van der Waals surface area contributed by atoms with E-state index in [-0.39, 0.29) is 24.2 Å². The van der Waals surface area contributed by atoms with E-state index in [1.54, 1.807) is 0 Å². The van der Waals surface area contributed by atoms with Crippen LogP contribution >= 0.6 is 11.8 Å². The third kappa shape index (κ3) is 3.89. The Bertz CT molecular complexity index is 333. The first kappa shape index (κ1) is 14.7. The maximum Gasteiger partial charge on any atom is 0.230 e. The largest absolute Gasteiger partial charge is 0.373 e. The molecule has 0 aromatic rings. The van der Waals surface area contributed by atoms with Crippen LogP contribution in [0.15, 0.2) is 0 Å². The fourth-order valence-corrected chi connectivity index (χ4v) is 4.65. The van der Waals surface area contributed by atoms with Crippen LogP contribution in [0, 0.1) is 0 Å². The van der Waals surface area contributed by atoms with Gasteiger partial charge in [-0.05, 0) is 32.1 Å². The minimum Gasteiger partial charge on any atom is -0.373 e. The number of ether oxygens (including phenoxy) is 2. The molecule has 1 N–H and O–H groups in total. The monoisotopic (exact) mass is 299 g/mol. The average molecular weight is 299 g/mol. The molecule has 5 heteroatoms. The van der Waals surface area contributed by atoms with Gasteiger partial charge in [0.15, 0.2) is 0 Å². The van der Waals surface area contributed by atoms with Crippen molar-refractivity contribution in [3.63, 3.8) is 0 Å². The van der Waals surface area contributed by atoms with E-state index >= 15 is 0 Å². The van der Waals surface area contributed by atoms with E-state index in [9.17, 15) is 4.79 Å². The van der Waals surface area contributed by atoms with Crippen LogP contribution in [0.1, 0.15) is 44.9 Å². The molecule has 1 saturated heterocycles. The van der Waals surface area contributed by atoms with Crippen molar-refractivity contribution in [3.8, 4) is 0 Å². The molecule has 0 unspecified atom stereocenters. The van der Waals surface area contributed by atoms with E-state index < -0.39 is 0 Å². The first-order valence-electron chi connectivity index (χ1n) is 7.95. The summed E-state index contributed by atoms with van der Waals surface area (Å²) in [5, 5.41) is 3.89. The third-order valence-corrected chi connectivity index (χ3v) is 5.97. The quantitative estimate of drug-likeness (QED) is 0.864. The third-order valence-electron chi connectivity index (χ3n) is 4.60. The number of carbonyl (C=O) groups is 1. The predicted octanol–water partition coefficient (Wildman–Crippen LogP) is 2.11. The zero-order valence-corrected chi connectivity index (χ0v) is 12.8. The Morgan fingerprint density at radius 3 is 2.60 bits per heavy atom. The Kier molecular flexibility index (Phi) is 5.24. The summed E-state index contributed by atoms with van der Waals surface area (Å²) in [7, 11) is 0. The number of hydrogen-bond acceptors (Lipinski definition) is 4. The molecule has 1 heterocycles. The molecule has 3 atom stereocenters. The minimum atomic E-state index is 0.185. The molecule has 114 valence electrons. The Morgan fingerprint density at radius 2 is 1.80 bits per heavy atom. The van der Waals surface area contributed by atoms with E-state index in [2.05, 4.69) is 5.32 Å². The Labute approximate surface area is 125 Å². The van der Waals surface area contributed by atoms with Gasteiger partial charge < -0.3 is 14.8 Å². The first-order valence-corrected chi connectivity index (χ1v) is 9.00. The van der Waals surface area contributed by atoms with Crippen molar-refractivity contribution in [1.82, 2.24) is 5.32 Å². The summed E-state index contributed by atoms with van der Waals surface area (Å²) >= 11 is 1.84. The van der Waals surface area contributed by atoms with E-state index in [0.29, 0.717) is 17.6 Å². The molecule has 3 fully saturated rings. The summed E-state index contributed by atoms with van der Waals surface area (Å²) in [4.78, 5) is 12.0. The highest BCUT2D eigenvalue weighted by Gasteiger charge is 2.34. The molecular weight excluding hydrogens is 274 g/mol. The number of fused-ring (bicyclic) bond motifs is 1. The second kappa shape index (κ2) is 7.14. The summed E-state index contributed by atoms with van der Waals surface area (Å²) < 4.78 is 11.5. The van der Waals surface area contributed by atoms with Gasteiger partial charge in [-0.15, -0.1) is 11.8 Å². The summed E-state index contributed by atoms with van der Waals surface area (Å²) in [6, 6.07) is 0.273. The highest BCUT2D eigenvalue weighted by molar-refractivity contribution is 8.00. The van der Waals surface area contributed by atoms with Gasteiger partial charge in [-0.2, -0.15) is 0 Å². The molecule has 0 radical (unpaired) electrons. The van der Waals surface area contributed by atoms with Crippen LogP contribution in [-0.2, 0) is 14.3 Å². The lowest BCUT2D eigenvalue weighted by Gasteiger charge is -2.39. The molecule has 3 rings (SSSR count). The van der Waals surface area contributed by atoms with Gasteiger partial charge in [-0.3, -0.25) is 4.79 Å². The van der Waals surface area contributed by atoms with Crippen LogP contribution in [0.5, 0.6) is 0 Å².